The molecule has 1 saturated carbocycles. The third-order valence-electron chi connectivity index (χ3n) is 8.76. The molecule has 49 heavy (non-hydrogen) atoms. The minimum atomic E-state index is -4.19. The highest BCUT2D eigenvalue weighted by molar-refractivity contribution is 7.92. The summed E-state index contributed by atoms with van der Waals surface area (Å²) in [6, 6.07) is 30.7. The quantitative estimate of drug-likeness (QED) is 0.156. The van der Waals surface area contributed by atoms with Gasteiger partial charge >= 0.3 is 0 Å². The van der Waals surface area contributed by atoms with E-state index >= 15 is 0 Å². The van der Waals surface area contributed by atoms with Gasteiger partial charge in [0.25, 0.3) is 10.0 Å². The lowest BCUT2D eigenvalue weighted by Gasteiger charge is -2.35. The van der Waals surface area contributed by atoms with E-state index in [0.29, 0.717) is 23.8 Å². The Hall–Kier alpha value is -4.83. The van der Waals surface area contributed by atoms with Crippen LogP contribution in [0.3, 0.4) is 0 Å². The van der Waals surface area contributed by atoms with Crippen LogP contribution in [0.2, 0.25) is 0 Å². The summed E-state index contributed by atoms with van der Waals surface area (Å²) in [6.07, 6.45) is 5.23. The van der Waals surface area contributed by atoms with Gasteiger partial charge in [-0.2, -0.15) is 0 Å². The van der Waals surface area contributed by atoms with Gasteiger partial charge in [-0.15, -0.1) is 0 Å². The second-order valence-electron chi connectivity index (χ2n) is 12.2. The Kier molecular flexibility index (Phi) is 12.3. The maximum atomic E-state index is 14.7. The first kappa shape index (κ1) is 35.5. The molecule has 0 heterocycles. The molecular formula is C39H45N3O6S. The molecule has 10 heteroatoms. The minimum absolute atomic E-state index is 0.0205. The minimum Gasteiger partial charge on any atom is -0.497 e. The molecule has 1 atom stereocenters. The maximum Gasteiger partial charge on any atom is 0.264 e. The third-order valence-corrected chi connectivity index (χ3v) is 10.5. The van der Waals surface area contributed by atoms with Crippen molar-refractivity contribution in [2.45, 2.75) is 69.0 Å². The zero-order chi connectivity index (χ0) is 34.6. The van der Waals surface area contributed by atoms with Crippen LogP contribution in [0.1, 0.15) is 50.2 Å². The molecule has 4 aromatic rings. The maximum absolute atomic E-state index is 14.7. The van der Waals surface area contributed by atoms with E-state index < -0.39 is 28.5 Å². The van der Waals surface area contributed by atoms with Crippen LogP contribution in [0.25, 0.3) is 0 Å². The van der Waals surface area contributed by atoms with Crippen LogP contribution < -0.4 is 19.1 Å². The van der Waals surface area contributed by atoms with Crippen molar-refractivity contribution in [2.75, 3.05) is 24.6 Å². The highest BCUT2D eigenvalue weighted by atomic mass is 32.2. The predicted molar refractivity (Wildman–Crippen MR) is 191 cm³/mol. The van der Waals surface area contributed by atoms with Gasteiger partial charge < -0.3 is 19.7 Å². The zero-order valence-corrected chi connectivity index (χ0v) is 29.0. The van der Waals surface area contributed by atoms with Crippen molar-refractivity contribution in [3.8, 4) is 11.5 Å². The van der Waals surface area contributed by atoms with E-state index in [4.69, 9.17) is 9.47 Å². The van der Waals surface area contributed by atoms with Gasteiger partial charge in [-0.25, -0.2) is 8.42 Å². The number of carbonyl (C=O) groups is 2. The summed E-state index contributed by atoms with van der Waals surface area (Å²) < 4.78 is 40.6. The van der Waals surface area contributed by atoms with E-state index in [-0.39, 0.29) is 29.8 Å². The van der Waals surface area contributed by atoms with E-state index in [2.05, 4.69) is 5.32 Å². The molecule has 1 N–H and O–H groups in total. The van der Waals surface area contributed by atoms with Crippen LogP contribution >= 0.6 is 0 Å². The summed E-state index contributed by atoms with van der Waals surface area (Å²) in [4.78, 5) is 30.6. The lowest BCUT2D eigenvalue weighted by atomic mass is 9.94. The molecule has 4 aromatic carbocycles. The van der Waals surface area contributed by atoms with Gasteiger partial charge in [0.15, 0.2) is 0 Å². The first-order chi connectivity index (χ1) is 23.8. The fourth-order valence-corrected chi connectivity index (χ4v) is 7.62. The summed E-state index contributed by atoms with van der Waals surface area (Å²) in [5, 5.41) is 3.24. The summed E-state index contributed by atoms with van der Waals surface area (Å²) in [5.74, 6) is 0.414. The number of hydrogen-bond acceptors (Lipinski definition) is 6. The average Bonchev–Trinajstić information content (AvgIpc) is 3.13. The number of carbonyl (C=O) groups excluding carboxylic acids is 2. The van der Waals surface area contributed by atoms with Crippen molar-refractivity contribution < 1.29 is 27.5 Å². The molecule has 1 aliphatic carbocycles. The fraction of sp³-hybridized carbons (Fsp3) is 0.333. The van der Waals surface area contributed by atoms with Crippen LogP contribution in [0, 0.1) is 0 Å². The Balaban J connectivity index is 1.56. The number of benzene rings is 4. The predicted octanol–water partition coefficient (Wildman–Crippen LogP) is 6.38. The fourth-order valence-electron chi connectivity index (χ4n) is 6.19. The molecule has 0 aliphatic heterocycles. The lowest BCUT2D eigenvalue weighted by Crippen LogP contribution is -2.55. The number of anilines is 1. The average molecular weight is 684 g/mol. The first-order valence-electron chi connectivity index (χ1n) is 16.9. The molecule has 1 aliphatic rings. The van der Waals surface area contributed by atoms with Gasteiger partial charge in [0.1, 0.15) is 24.1 Å². The molecule has 0 saturated heterocycles. The normalized spacial score (nSPS) is 14.0. The Bertz CT molecular complexity index is 1760. The number of sulfonamides is 1. The zero-order valence-electron chi connectivity index (χ0n) is 28.2. The Morgan fingerprint density at radius 3 is 2.12 bits per heavy atom. The smallest absolute Gasteiger partial charge is 0.264 e. The summed E-state index contributed by atoms with van der Waals surface area (Å²) in [7, 11) is -2.62. The van der Waals surface area contributed by atoms with Gasteiger partial charge in [-0.3, -0.25) is 13.9 Å². The molecule has 0 aromatic heterocycles. The molecule has 2 amide bonds. The molecule has 0 radical (unpaired) electrons. The summed E-state index contributed by atoms with van der Waals surface area (Å²) in [5.41, 5.74) is 1.93. The highest BCUT2D eigenvalue weighted by Gasteiger charge is 2.35. The van der Waals surface area contributed by atoms with Crippen molar-refractivity contribution in [2.24, 2.45) is 0 Å². The first-order valence-corrected chi connectivity index (χ1v) is 18.3. The molecule has 1 fully saturated rings. The van der Waals surface area contributed by atoms with E-state index in [1.807, 2.05) is 61.5 Å². The summed E-state index contributed by atoms with van der Waals surface area (Å²) in [6.45, 7) is 1.85. The van der Waals surface area contributed by atoms with Gasteiger partial charge in [-0.05, 0) is 79.4 Å². The topological polar surface area (TPSA) is 105 Å². The lowest BCUT2D eigenvalue weighted by molar-refractivity contribution is -0.140. The number of ether oxygens (including phenoxy) is 2. The number of nitrogens with one attached hydrogen (secondary N) is 1. The Morgan fingerprint density at radius 1 is 0.816 bits per heavy atom. The summed E-state index contributed by atoms with van der Waals surface area (Å²) >= 11 is 0. The molecule has 258 valence electrons. The van der Waals surface area contributed by atoms with Crippen LogP contribution in [0.5, 0.6) is 11.5 Å². The molecular weight excluding hydrogens is 639 g/mol. The molecule has 0 unspecified atom stereocenters. The second kappa shape index (κ2) is 17.0. The van der Waals surface area contributed by atoms with Crippen LogP contribution in [0.15, 0.2) is 114 Å². The van der Waals surface area contributed by atoms with Gasteiger partial charge in [0, 0.05) is 19.0 Å². The molecule has 5 rings (SSSR count). The van der Waals surface area contributed by atoms with Crippen molar-refractivity contribution in [1.82, 2.24) is 10.2 Å². The van der Waals surface area contributed by atoms with Crippen LogP contribution in [-0.2, 0) is 32.6 Å². The Labute approximate surface area is 289 Å². The van der Waals surface area contributed by atoms with Crippen molar-refractivity contribution in [3.05, 3.63) is 120 Å². The van der Waals surface area contributed by atoms with E-state index in [0.717, 1.165) is 47.5 Å². The molecule has 0 bridgehead atoms. The Morgan fingerprint density at radius 2 is 1.47 bits per heavy atom. The largest absolute Gasteiger partial charge is 0.497 e. The van der Waals surface area contributed by atoms with Crippen LogP contribution in [-0.4, -0.2) is 57.5 Å². The van der Waals surface area contributed by atoms with Crippen molar-refractivity contribution >= 4 is 27.5 Å². The third kappa shape index (κ3) is 9.41. The van der Waals surface area contributed by atoms with Gasteiger partial charge in [-0.1, -0.05) is 79.9 Å². The molecule has 0 spiro atoms. The van der Waals surface area contributed by atoms with E-state index in [9.17, 15) is 18.0 Å². The van der Waals surface area contributed by atoms with Gasteiger partial charge in [0.05, 0.1) is 24.3 Å². The van der Waals surface area contributed by atoms with Crippen molar-refractivity contribution in [3.63, 3.8) is 0 Å². The molecule has 9 nitrogen and oxygen atoms in total. The number of amides is 2. The number of hydrogen-bond donors (Lipinski definition) is 1. The van der Waals surface area contributed by atoms with Crippen molar-refractivity contribution in [1.29, 1.82) is 0 Å². The second-order valence-corrected chi connectivity index (χ2v) is 14.0. The highest BCUT2D eigenvalue weighted by Crippen LogP contribution is 2.28. The van der Waals surface area contributed by atoms with Gasteiger partial charge in [0.2, 0.25) is 11.8 Å². The standard InChI is InChI=1S/C39H45N3O6S/c1-3-48-34-24-22-33(23-25-34)42(49(45,46)36-20-11-6-12-21-36)29-38(43)41(28-31-16-13-19-35(26-31)47-2)37(27-30-14-7-4-8-15-30)39(44)40-32-17-9-5-10-18-32/h4,6-8,11-16,19-26,32,37H,3,5,9-10,17-18,27-29H2,1-2H3,(H,40,44)/t37-/m0/s1. The van der Waals surface area contributed by atoms with E-state index in [1.54, 1.807) is 49.6 Å². The number of methoxy groups -OCH3 is 1. The van der Waals surface area contributed by atoms with Crippen LogP contribution in [0.4, 0.5) is 5.69 Å². The number of nitrogens with zero attached hydrogens (tertiary/aromatic N) is 2. The monoisotopic (exact) mass is 683 g/mol. The van der Waals surface area contributed by atoms with E-state index in [1.165, 1.54) is 17.0 Å². The SMILES string of the molecule is CCOc1ccc(N(CC(=O)N(Cc2cccc(OC)c2)[C@@H](Cc2ccccc2)C(=O)NC2CCCCC2)S(=O)(=O)c2ccccc2)cc1. The number of rotatable bonds is 15.